The molecule has 3 heterocycles. The van der Waals surface area contributed by atoms with Gasteiger partial charge >= 0.3 is 12.1 Å². The molecule has 1 aromatic heterocycles. The Bertz CT molecular complexity index is 626. The van der Waals surface area contributed by atoms with Gasteiger partial charge in [-0.15, -0.1) is 16.8 Å². The van der Waals surface area contributed by atoms with Gasteiger partial charge < -0.3 is 19.5 Å². The molecule has 0 aromatic carbocycles. The lowest BCUT2D eigenvalue weighted by atomic mass is 10.0. The topological polar surface area (TPSA) is 84.8 Å². The number of alkyl halides is 3. The van der Waals surface area contributed by atoms with Gasteiger partial charge in [0, 0.05) is 13.2 Å². The third kappa shape index (κ3) is 5.15. The summed E-state index contributed by atoms with van der Waals surface area (Å²) in [5.74, 6) is -2.76. The first-order valence-electron chi connectivity index (χ1n) is 7.95. The van der Waals surface area contributed by atoms with Crippen molar-refractivity contribution in [2.45, 2.75) is 44.2 Å². The summed E-state index contributed by atoms with van der Waals surface area (Å²) in [5.41, 5.74) is 0. The molecule has 1 aromatic rings. The van der Waals surface area contributed by atoms with Gasteiger partial charge in [0.05, 0.1) is 12.6 Å². The predicted octanol–water partition coefficient (Wildman–Crippen LogP) is 2.42. The van der Waals surface area contributed by atoms with Crippen LogP contribution in [-0.4, -0.2) is 65.5 Å². The number of carboxylic acid groups (broad SMARTS) is 1. The van der Waals surface area contributed by atoms with Crippen LogP contribution in [0.4, 0.5) is 18.3 Å². The highest BCUT2D eigenvalue weighted by atomic mass is 32.1. The van der Waals surface area contributed by atoms with Crippen molar-refractivity contribution in [1.82, 2.24) is 10.2 Å². The van der Waals surface area contributed by atoms with Gasteiger partial charge in [-0.1, -0.05) is 17.4 Å². The maximum absolute atomic E-state index is 10.6. The monoisotopic (exact) mass is 395 g/mol. The first kappa shape index (κ1) is 20.6. The minimum absolute atomic E-state index is 0.104. The molecular weight excluding hydrogens is 375 g/mol. The summed E-state index contributed by atoms with van der Waals surface area (Å²) < 4.78 is 43.5. The molecular formula is C15H20F3N3O4S. The van der Waals surface area contributed by atoms with E-state index in [1.807, 2.05) is 6.92 Å². The van der Waals surface area contributed by atoms with Crippen LogP contribution >= 0.6 is 11.3 Å². The number of hydrogen-bond acceptors (Lipinski definition) is 7. The van der Waals surface area contributed by atoms with Gasteiger partial charge in [-0.25, -0.2) is 4.79 Å². The molecule has 2 saturated heterocycles. The summed E-state index contributed by atoms with van der Waals surface area (Å²) in [6.07, 6.45) is -0.804. The minimum atomic E-state index is -5.08. The van der Waals surface area contributed by atoms with E-state index in [4.69, 9.17) is 19.4 Å². The van der Waals surface area contributed by atoms with E-state index in [9.17, 15) is 13.2 Å². The second-order valence-corrected chi connectivity index (χ2v) is 6.92. The van der Waals surface area contributed by atoms with Crippen LogP contribution in [0.5, 0.6) is 0 Å². The maximum Gasteiger partial charge on any atom is 0.490 e. The van der Waals surface area contributed by atoms with E-state index in [1.165, 1.54) is 0 Å². The molecule has 0 bridgehead atoms. The Hall–Kier alpha value is -1.72. The first-order chi connectivity index (χ1) is 12.2. The highest BCUT2D eigenvalue weighted by Gasteiger charge is 2.45. The van der Waals surface area contributed by atoms with Gasteiger partial charge in [-0.3, -0.25) is 0 Å². The zero-order valence-electron chi connectivity index (χ0n) is 14.1. The summed E-state index contributed by atoms with van der Waals surface area (Å²) in [6.45, 7) is 7.92. The lowest BCUT2D eigenvalue weighted by Crippen LogP contribution is -2.42. The molecule has 2 aliphatic rings. The lowest BCUT2D eigenvalue weighted by Gasteiger charge is -2.31. The van der Waals surface area contributed by atoms with Crippen molar-refractivity contribution in [3.63, 3.8) is 0 Å². The predicted molar refractivity (Wildman–Crippen MR) is 88.4 cm³/mol. The smallest absolute Gasteiger partial charge is 0.475 e. The molecule has 0 saturated carbocycles. The molecule has 3 rings (SSSR count). The Morgan fingerprint density at radius 3 is 2.77 bits per heavy atom. The summed E-state index contributed by atoms with van der Waals surface area (Å²) in [6, 6.07) is 0.371. The third-order valence-electron chi connectivity index (χ3n) is 3.91. The highest BCUT2D eigenvalue weighted by molar-refractivity contribution is 7.15. The van der Waals surface area contributed by atoms with E-state index in [0.717, 1.165) is 36.1 Å². The number of fused-ring (bicyclic) bond motifs is 1. The fraction of sp³-hybridized carbons (Fsp3) is 0.667. The zero-order valence-corrected chi connectivity index (χ0v) is 14.9. The van der Waals surface area contributed by atoms with Crippen LogP contribution in [0.15, 0.2) is 12.7 Å². The minimum Gasteiger partial charge on any atom is -0.475 e. The molecule has 3 atom stereocenters. The number of carboxylic acids is 1. The number of halogens is 3. The Morgan fingerprint density at radius 2 is 2.23 bits per heavy atom. The molecule has 0 aliphatic carbocycles. The second kappa shape index (κ2) is 8.78. The van der Waals surface area contributed by atoms with Crippen molar-refractivity contribution in [3.05, 3.63) is 17.7 Å². The molecule has 146 valence electrons. The third-order valence-corrected chi connectivity index (χ3v) is 4.78. The molecule has 1 N–H and O–H groups in total. The van der Waals surface area contributed by atoms with Crippen LogP contribution in [0.1, 0.15) is 17.8 Å². The molecule has 0 unspecified atom stereocenters. The van der Waals surface area contributed by atoms with Crippen LogP contribution in [0.2, 0.25) is 0 Å². The highest BCUT2D eigenvalue weighted by Crippen LogP contribution is 2.35. The quantitative estimate of drug-likeness (QED) is 0.784. The fourth-order valence-electron chi connectivity index (χ4n) is 2.87. The molecule has 0 spiro atoms. The first-order valence-corrected chi connectivity index (χ1v) is 8.76. The number of ether oxygens (including phenoxy) is 2. The van der Waals surface area contributed by atoms with E-state index in [0.29, 0.717) is 12.6 Å². The summed E-state index contributed by atoms with van der Waals surface area (Å²) in [4.78, 5) is 11.2. The Morgan fingerprint density at radius 1 is 1.54 bits per heavy atom. The van der Waals surface area contributed by atoms with Crippen molar-refractivity contribution in [1.29, 1.82) is 0 Å². The van der Waals surface area contributed by atoms with Crippen molar-refractivity contribution in [2.75, 3.05) is 24.7 Å². The number of rotatable bonds is 4. The van der Waals surface area contributed by atoms with E-state index in [-0.39, 0.29) is 12.2 Å². The Labute approximate surface area is 152 Å². The van der Waals surface area contributed by atoms with Crippen LogP contribution < -0.4 is 4.90 Å². The summed E-state index contributed by atoms with van der Waals surface area (Å²) in [5, 5.41) is 17.5. The van der Waals surface area contributed by atoms with Gasteiger partial charge in [0.1, 0.15) is 17.2 Å². The number of aliphatic carboxylic acids is 1. The van der Waals surface area contributed by atoms with Crippen molar-refractivity contribution < 1.29 is 32.5 Å². The summed E-state index contributed by atoms with van der Waals surface area (Å²) in [7, 11) is 0. The lowest BCUT2D eigenvalue weighted by molar-refractivity contribution is -0.192. The molecule has 0 radical (unpaired) electrons. The van der Waals surface area contributed by atoms with Gasteiger partial charge in [-0.2, -0.15) is 13.2 Å². The Kier molecular flexibility index (Phi) is 6.95. The normalized spacial score (nSPS) is 25.2. The molecule has 2 aliphatic heterocycles. The number of aromatic nitrogens is 2. The van der Waals surface area contributed by atoms with Crippen LogP contribution in [-0.2, 0) is 14.3 Å². The number of nitrogens with zero attached hydrogens (tertiary/aromatic N) is 3. The van der Waals surface area contributed by atoms with E-state index in [2.05, 4.69) is 21.7 Å². The number of anilines is 1. The molecule has 0 amide bonds. The Balaban J connectivity index is 0.000000298. The number of carbonyl (C=O) groups is 1. The molecule has 7 nitrogen and oxygen atoms in total. The van der Waals surface area contributed by atoms with Crippen molar-refractivity contribution in [3.8, 4) is 0 Å². The van der Waals surface area contributed by atoms with E-state index < -0.39 is 12.1 Å². The van der Waals surface area contributed by atoms with Crippen molar-refractivity contribution in [2.24, 2.45) is 0 Å². The zero-order chi connectivity index (χ0) is 19.3. The standard InChI is InChI=1S/C13H19N3O2S.C2HF3O2/c1-3-6-17-11-8-16(13-15-14-9(2)19-13)10-5-4-7-18-12(10)11;3-2(4,5)1(6)7/h3,10-12H,1,4-8H2,2H3;(H,6,7)/t10-,11-,12+;/m1./s1. The average molecular weight is 395 g/mol. The molecule has 26 heavy (non-hydrogen) atoms. The SMILES string of the molecule is C=CCO[C@@H]1CN(c2nnc(C)s2)[C@@H]2CCCO[C@@H]21.O=C(O)C(F)(F)F. The van der Waals surface area contributed by atoms with Gasteiger partial charge in [0.15, 0.2) is 0 Å². The van der Waals surface area contributed by atoms with E-state index in [1.54, 1.807) is 17.4 Å². The van der Waals surface area contributed by atoms with Crippen LogP contribution in [0.25, 0.3) is 0 Å². The maximum atomic E-state index is 10.6. The largest absolute Gasteiger partial charge is 0.490 e. The number of aryl methyl sites for hydroxylation is 1. The van der Waals surface area contributed by atoms with Crippen molar-refractivity contribution >= 4 is 22.4 Å². The van der Waals surface area contributed by atoms with Gasteiger partial charge in [-0.05, 0) is 19.8 Å². The van der Waals surface area contributed by atoms with Gasteiger partial charge in [0.25, 0.3) is 0 Å². The fourth-order valence-corrected chi connectivity index (χ4v) is 3.62. The van der Waals surface area contributed by atoms with Crippen LogP contribution in [0, 0.1) is 6.92 Å². The van der Waals surface area contributed by atoms with Crippen LogP contribution in [0.3, 0.4) is 0 Å². The van der Waals surface area contributed by atoms with E-state index >= 15 is 0 Å². The molecule has 2 fully saturated rings. The second-order valence-electron chi connectivity index (χ2n) is 5.76. The van der Waals surface area contributed by atoms with Gasteiger partial charge in [0.2, 0.25) is 5.13 Å². The molecule has 11 heteroatoms. The average Bonchev–Trinajstić information content (AvgIpc) is 3.16. The summed E-state index contributed by atoms with van der Waals surface area (Å²) >= 11 is 1.64. The number of hydrogen-bond donors (Lipinski definition) is 1.